The van der Waals surface area contributed by atoms with Crippen LogP contribution < -0.4 is 0 Å². The van der Waals surface area contributed by atoms with E-state index in [0.717, 1.165) is 31.8 Å². The van der Waals surface area contributed by atoms with E-state index in [-0.39, 0.29) is 0 Å². The van der Waals surface area contributed by atoms with Crippen LogP contribution in [0, 0.1) is 11.3 Å². The minimum absolute atomic E-state index is 0.509. The molecule has 0 fully saturated rings. The van der Waals surface area contributed by atoms with Gasteiger partial charge in [-0.15, -0.1) is 0 Å². The fourth-order valence-electron chi connectivity index (χ4n) is 3.52. The summed E-state index contributed by atoms with van der Waals surface area (Å²) in [6.07, 6.45) is 23.5. The second-order valence-electron chi connectivity index (χ2n) is 8.30. The van der Waals surface area contributed by atoms with Crippen molar-refractivity contribution in [3.63, 3.8) is 0 Å². The molecule has 0 spiro atoms. The van der Waals surface area contributed by atoms with Crippen molar-refractivity contribution in [1.29, 1.82) is 5.41 Å². The van der Waals surface area contributed by atoms with Crippen molar-refractivity contribution < 1.29 is 4.74 Å². The SMILES string of the molecule is CCCCCCCC(=N)OCCCCCCCC(C)CCCCCCC. The second-order valence-corrected chi connectivity index (χ2v) is 8.30. The van der Waals surface area contributed by atoms with Crippen molar-refractivity contribution in [2.24, 2.45) is 5.92 Å². The molecule has 0 aromatic rings. The standard InChI is InChI=1S/C24H49NO/c1-4-6-8-11-15-19-23(3)20-16-13-10-14-18-22-26-24(25)21-17-12-9-7-5-2/h23,25H,4-22H2,1-3H3. The Labute approximate surface area is 165 Å². The van der Waals surface area contributed by atoms with E-state index in [0.29, 0.717) is 5.90 Å². The zero-order valence-electron chi connectivity index (χ0n) is 18.4. The van der Waals surface area contributed by atoms with Gasteiger partial charge in [0.15, 0.2) is 5.90 Å². The van der Waals surface area contributed by atoms with Crippen molar-refractivity contribution >= 4 is 5.90 Å². The van der Waals surface area contributed by atoms with E-state index >= 15 is 0 Å². The molecule has 156 valence electrons. The van der Waals surface area contributed by atoms with Gasteiger partial charge in [-0.05, 0) is 18.8 Å². The van der Waals surface area contributed by atoms with Crippen molar-refractivity contribution in [1.82, 2.24) is 0 Å². The lowest BCUT2D eigenvalue weighted by Gasteiger charge is -2.11. The van der Waals surface area contributed by atoms with Crippen LogP contribution in [0.3, 0.4) is 0 Å². The lowest BCUT2D eigenvalue weighted by Crippen LogP contribution is -2.04. The summed E-state index contributed by atoms with van der Waals surface area (Å²) >= 11 is 0. The Bertz CT molecular complexity index is 290. The quantitative estimate of drug-likeness (QED) is 0.130. The van der Waals surface area contributed by atoms with E-state index in [1.165, 1.54) is 96.3 Å². The first-order valence-electron chi connectivity index (χ1n) is 11.9. The maximum Gasteiger partial charge on any atom is 0.180 e. The summed E-state index contributed by atoms with van der Waals surface area (Å²) in [5.41, 5.74) is 0. The van der Waals surface area contributed by atoms with Crippen LogP contribution in [0.25, 0.3) is 0 Å². The Balaban J connectivity index is 3.24. The van der Waals surface area contributed by atoms with Crippen molar-refractivity contribution in [2.75, 3.05) is 6.61 Å². The summed E-state index contributed by atoms with van der Waals surface area (Å²) in [6, 6.07) is 0. The number of nitrogens with one attached hydrogen (secondary N) is 1. The highest BCUT2D eigenvalue weighted by atomic mass is 16.5. The third-order valence-electron chi connectivity index (χ3n) is 5.43. The van der Waals surface area contributed by atoms with Gasteiger partial charge in [-0.25, -0.2) is 0 Å². The van der Waals surface area contributed by atoms with Gasteiger partial charge < -0.3 is 4.74 Å². The average Bonchev–Trinajstić information content (AvgIpc) is 2.63. The zero-order valence-corrected chi connectivity index (χ0v) is 18.4. The molecule has 0 bridgehead atoms. The topological polar surface area (TPSA) is 33.1 Å². The normalized spacial score (nSPS) is 12.3. The number of rotatable bonds is 20. The molecule has 1 unspecified atom stereocenters. The minimum Gasteiger partial charge on any atom is -0.481 e. The van der Waals surface area contributed by atoms with Gasteiger partial charge in [0.25, 0.3) is 0 Å². The van der Waals surface area contributed by atoms with Gasteiger partial charge in [-0.1, -0.05) is 117 Å². The predicted octanol–water partition coefficient (Wildman–Crippen LogP) is 8.68. The molecule has 0 aromatic carbocycles. The number of ether oxygens (including phenoxy) is 1. The molecule has 2 nitrogen and oxygen atoms in total. The van der Waals surface area contributed by atoms with Crippen LogP contribution in [0.15, 0.2) is 0 Å². The fraction of sp³-hybridized carbons (Fsp3) is 0.958. The Hall–Kier alpha value is -0.530. The zero-order chi connectivity index (χ0) is 19.3. The second kappa shape index (κ2) is 20.8. The summed E-state index contributed by atoms with van der Waals surface area (Å²) in [4.78, 5) is 0. The molecule has 2 heteroatoms. The maximum absolute atomic E-state index is 7.83. The van der Waals surface area contributed by atoms with Crippen LogP contribution in [-0.4, -0.2) is 12.5 Å². The highest BCUT2D eigenvalue weighted by Crippen LogP contribution is 2.18. The molecule has 0 aliphatic rings. The van der Waals surface area contributed by atoms with Crippen LogP contribution in [0.1, 0.15) is 136 Å². The average molecular weight is 368 g/mol. The number of unbranched alkanes of at least 4 members (excludes halogenated alkanes) is 12. The van der Waals surface area contributed by atoms with Gasteiger partial charge in [0.2, 0.25) is 0 Å². The van der Waals surface area contributed by atoms with Crippen LogP contribution in [0.2, 0.25) is 0 Å². The summed E-state index contributed by atoms with van der Waals surface area (Å²) in [7, 11) is 0. The predicted molar refractivity (Wildman–Crippen MR) is 117 cm³/mol. The Morgan fingerprint density at radius 3 is 1.69 bits per heavy atom. The van der Waals surface area contributed by atoms with Crippen molar-refractivity contribution in [3.05, 3.63) is 0 Å². The molecule has 1 N–H and O–H groups in total. The van der Waals surface area contributed by atoms with Gasteiger partial charge in [0.1, 0.15) is 0 Å². The molecule has 0 aliphatic heterocycles. The van der Waals surface area contributed by atoms with Gasteiger partial charge in [-0.3, -0.25) is 5.41 Å². The lowest BCUT2D eigenvalue weighted by molar-refractivity contribution is 0.279. The third kappa shape index (κ3) is 19.8. The van der Waals surface area contributed by atoms with E-state index in [4.69, 9.17) is 10.1 Å². The molecule has 0 amide bonds. The lowest BCUT2D eigenvalue weighted by atomic mass is 9.96. The van der Waals surface area contributed by atoms with Crippen molar-refractivity contribution in [3.8, 4) is 0 Å². The summed E-state index contributed by atoms with van der Waals surface area (Å²) in [5, 5.41) is 7.83. The molecular formula is C24H49NO. The van der Waals surface area contributed by atoms with Crippen LogP contribution in [-0.2, 0) is 4.74 Å². The highest BCUT2D eigenvalue weighted by Gasteiger charge is 2.02. The number of hydrogen-bond donors (Lipinski definition) is 1. The summed E-state index contributed by atoms with van der Waals surface area (Å²) < 4.78 is 5.55. The molecule has 0 rings (SSSR count). The molecule has 0 saturated carbocycles. The first-order chi connectivity index (χ1) is 12.7. The van der Waals surface area contributed by atoms with E-state index in [9.17, 15) is 0 Å². The maximum atomic E-state index is 7.83. The number of hydrogen-bond acceptors (Lipinski definition) is 2. The molecule has 0 heterocycles. The molecule has 0 radical (unpaired) electrons. The van der Waals surface area contributed by atoms with E-state index in [2.05, 4.69) is 20.8 Å². The van der Waals surface area contributed by atoms with Gasteiger partial charge in [-0.2, -0.15) is 0 Å². The Kier molecular flexibility index (Phi) is 20.4. The fourth-order valence-corrected chi connectivity index (χ4v) is 3.52. The first kappa shape index (κ1) is 25.5. The molecule has 0 saturated heterocycles. The van der Waals surface area contributed by atoms with Gasteiger partial charge in [0.05, 0.1) is 6.61 Å². The van der Waals surface area contributed by atoms with Gasteiger partial charge in [0, 0.05) is 6.42 Å². The van der Waals surface area contributed by atoms with Crippen LogP contribution in [0.4, 0.5) is 0 Å². The molecule has 0 aromatic heterocycles. The van der Waals surface area contributed by atoms with E-state index in [1.807, 2.05) is 0 Å². The van der Waals surface area contributed by atoms with Crippen molar-refractivity contribution in [2.45, 2.75) is 136 Å². The largest absolute Gasteiger partial charge is 0.481 e. The summed E-state index contributed by atoms with van der Waals surface area (Å²) in [5.74, 6) is 1.42. The van der Waals surface area contributed by atoms with E-state index < -0.39 is 0 Å². The Morgan fingerprint density at radius 1 is 0.654 bits per heavy atom. The molecular weight excluding hydrogens is 318 g/mol. The molecule has 0 aliphatic carbocycles. The van der Waals surface area contributed by atoms with Crippen LogP contribution >= 0.6 is 0 Å². The first-order valence-corrected chi connectivity index (χ1v) is 11.9. The molecule has 26 heavy (non-hydrogen) atoms. The molecule has 1 atom stereocenters. The van der Waals surface area contributed by atoms with E-state index in [1.54, 1.807) is 0 Å². The minimum atomic E-state index is 0.509. The summed E-state index contributed by atoms with van der Waals surface area (Å²) in [6.45, 7) is 7.71. The smallest absolute Gasteiger partial charge is 0.180 e. The monoisotopic (exact) mass is 367 g/mol. The third-order valence-corrected chi connectivity index (χ3v) is 5.43. The highest BCUT2D eigenvalue weighted by molar-refractivity contribution is 5.72. The van der Waals surface area contributed by atoms with Gasteiger partial charge >= 0.3 is 0 Å². The Morgan fingerprint density at radius 2 is 1.12 bits per heavy atom. The van der Waals surface area contributed by atoms with Crippen LogP contribution in [0.5, 0.6) is 0 Å².